The molecule has 6 nitrogen and oxygen atoms in total. The SMILES string of the molecule is Cc1oc(C)c(C(=O)NN)c1C(=O)O. The molecule has 1 amide bonds. The van der Waals surface area contributed by atoms with Gasteiger partial charge in [-0.05, 0) is 13.8 Å². The highest BCUT2D eigenvalue weighted by atomic mass is 16.4. The van der Waals surface area contributed by atoms with Gasteiger partial charge in [0, 0.05) is 0 Å². The number of carboxylic acid groups (broad SMARTS) is 1. The van der Waals surface area contributed by atoms with E-state index >= 15 is 0 Å². The molecule has 1 rings (SSSR count). The Morgan fingerprint density at radius 1 is 1.29 bits per heavy atom. The van der Waals surface area contributed by atoms with Crippen molar-refractivity contribution >= 4 is 11.9 Å². The summed E-state index contributed by atoms with van der Waals surface area (Å²) in [4.78, 5) is 22.0. The standard InChI is InChI=1S/C8H10N2O4/c1-3-5(7(11)10-9)6(8(12)13)4(2)14-3/h9H2,1-2H3,(H,10,11)(H,12,13). The molecule has 76 valence electrons. The van der Waals surface area contributed by atoms with Gasteiger partial charge in [-0.2, -0.15) is 0 Å². The number of amides is 1. The monoisotopic (exact) mass is 198 g/mol. The summed E-state index contributed by atoms with van der Waals surface area (Å²) in [7, 11) is 0. The van der Waals surface area contributed by atoms with Gasteiger partial charge < -0.3 is 9.52 Å². The molecule has 6 heteroatoms. The lowest BCUT2D eigenvalue weighted by atomic mass is 10.1. The van der Waals surface area contributed by atoms with Gasteiger partial charge in [0.25, 0.3) is 5.91 Å². The van der Waals surface area contributed by atoms with E-state index in [1.165, 1.54) is 13.8 Å². The molecule has 0 bridgehead atoms. The summed E-state index contributed by atoms with van der Waals surface area (Å²) in [6, 6.07) is 0. The number of carbonyl (C=O) groups is 2. The fourth-order valence-electron chi connectivity index (χ4n) is 1.29. The molecule has 0 radical (unpaired) electrons. The van der Waals surface area contributed by atoms with Crippen LogP contribution in [0.5, 0.6) is 0 Å². The fourth-order valence-corrected chi connectivity index (χ4v) is 1.29. The van der Waals surface area contributed by atoms with Crippen molar-refractivity contribution < 1.29 is 19.1 Å². The number of rotatable bonds is 2. The Morgan fingerprint density at radius 3 is 2.21 bits per heavy atom. The maximum atomic E-state index is 11.2. The van der Waals surface area contributed by atoms with Gasteiger partial charge in [0.1, 0.15) is 17.1 Å². The van der Waals surface area contributed by atoms with Crippen molar-refractivity contribution in [1.29, 1.82) is 0 Å². The number of nitrogens with one attached hydrogen (secondary N) is 1. The minimum atomic E-state index is -1.21. The number of nitrogen functional groups attached to an aromatic ring is 1. The molecule has 0 aliphatic carbocycles. The van der Waals surface area contributed by atoms with E-state index in [0.717, 1.165) is 0 Å². The quantitative estimate of drug-likeness (QED) is 0.357. The van der Waals surface area contributed by atoms with E-state index in [1.54, 1.807) is 0 Å². The van der Waals surface area contributed by atoms with E-state index in [1.807, 2.05) is 5.43 Å². The Hall–Kier alpha value is -1.82. The van der Waals surface area contributed by atoms with Crippen molar-refractivity contribution in [2.75, 3.05) is 0 Å². The molecule has 0 saturated carbocycles. The van der Waals surface area contributed by atoms with Crippen molar-refractivity contribution in [2.24, 2.45) is 5.84 Å². The summed E-state index contributed by atoms with van der Waals surface area (Å²) >= 11 is 0. The molecule has 1 aromatic heterocycles. The van der Waals surface area contributed by atoms with Crippen LogP contribution in [-0.4, -0.2) is 17.0 Å². The summed E-state index contributed by atoms with van der Waals surface area (Å²) < 4.78 is 5.03. The first-order valence-corrected chi connectivity index (χ1v) is 3.83. The van der Waals surface area contributed by atoms with Gasteiger partial charge in [0.2, 0.25) is 0 Å². The van der Waals surface area contributed by atoms with E-state index < -0.39 is 11.9 Å². The van der Waals surface area contributed by atoms with E-state index in [2.05, 4.69) is 0 Å². The number of carboxylic acids is 1. The Labute approximate surface area is 79.7 Å². The lowest BCUT2D eigenvalue weighted by Gasteiger charge is -1.98. The van der Waals surface area contributed by atoms with Gasteiger partial charge in [0.15, 0.2) is 0 Å². The van der Waals surface area contributed by atoms with Crippen LogP contribution >= 0.6 is 0 Å². The van der Waals surface area contributed by atoms with Crippen molar-refractivity contribution in [3.63, 3.8) is 0 Å². The third-order valence-electron chi connectivity index (χ3n) is 1.83. The Kier molecular flexibility index (Phi) is 2.57. The van der Waals surface area contributed by atoms with E-state index in [4.69, 9.17) is 15.4 Å². The van der Waals surface area contributed by atoms with Crippen molar-refractivity contribution in [2.45, 2.75) is 13.8 Å². The molecule has 14 heavy (non-hydrogen) atoms. The molecular formula is C8H10N2O4. The number of hydrogen-bond donors (Lipinski definition) is 3. The minimum absolute atomic E-state index is 0.0301. The zero-order valence-electron chi connectivity index (χ0n) is 7.75. The molecule has 0 aliphatic heterocycles. The molecule has 0 atom stereocenters. The predicted molar refractivity (Wildman–Crippen MR) is 46.8 cm³/mol. The lowest BCUT2D eigenvalue weighted by molar-refractivity contribution is 0.0689. The average Bonchev–Trinajstić information content (AvgIpc) is 2.39. The number of nitrogens with two attached hydrogens (primary N) is 1. The molecule has 0 spiro atoms. The molecular weight excluding hydrogens is 188 g/mol. The second kappa shape index (κ2) is 3.51. The number of carbonyl (C=O) groups excluding carboxylic acids is 1. The van der Waals surface area contributed by atoms with Gasteiger partial charge >= 0.3 is 5.97 Å². The first kappa shape index (κ1) is 10.3. The number of hydrogen-bond acceptors (Lipinski definition) is 4. The number of aryl methyl sites for hydroxylation is 2. The van der Waals surface area contributed by atoms with Crippen LogP contribution in [0, 0.1) is 13.8 Å². The summed E-state index contributed by atoms with van der Waals surface area (Å²) in [5.41, 5.74) is 1.69. The van der Waals surface area contributed by atoms with Gasteiger partial charge in [-0.25, -0.2) is 10.6 Å². The van der Waals surface area contributed by atoms with Crippen LogP contribution in [0.4, 0.5) is 0 Å². The van der Waals surface area contributed by atoms with Crippen LogP contribution in [0.1, 0.15) is 32.2 Å². The third kappa shape index (κ3) is 1.47. The highest BCUT2D eigenvalue weighted by molar-refractivity contribution is 6.06. The molecule has 0 saturated heterocycles. The second-order valence-electron chi connectivity index (χ2n) is 2.74. The first-order valence-electron chi connectivity index (χ1n) is 3.83. The normalized spacial score (nSPS) is 9.93. The van der Waals surface area contributed by atoms with Crippen molar-refractivity contribution in [3.05, 3.63) is 22.6 Å². The van der Waals surface area contributed by atoms with Crippen molar-refractivity contribution in [1.82, 2.24) is 5.43 Å². The van der Waals surface area contributed by atoms with Gasteiger partial charge in [-0.3, -0.25) is 10.2 Å². The zero-order valence-corrected chi connectivity index (χ0v) is 7.75. The Bertz CT molecular complexity index is 394. The minimum Gasteiger partial charge on any atom is -0.478 e. The molecule has 1 aromatic rings. The summed E-state index contributed by atoms with van der Waals surface area (Å²) in [6.45, 7) is 2.98. The van der Waals surface area contributed by atoms with E-state index in [0.29, 0.717) is 0 Å². The van der Waals surface area contributed by atoms with Crippen LogP contribution in [-0.2, 0) is 0 Å². The maximum absolute atomic E-state index is 11.2. The van der Waals surface area contributed by atoms with Crippen molar-refractivity contribution in [3.8, 4) is 0 Å². The highest BCUT2D eigenvalue weighted by Gasteiger charge is 2.25. The smallest absolute Gasteiger partial charge is 0.340 e. The summed E-state index contributed by atoms with van der Waals surface area (Å²) in [5.74, 6) is 3.46. The number of hydrazine groups is 1. The molecule has 0 aliphatic rings. The zero-order chi connectivity index (χ0) is 10.9. The number of furan rings is 1. The topological polar surface area (TPSA) is 106 Å². The fraction of sp³-hybridized carbons (Fsp3) is 0.250. The molecule has 4 N–H and O–H groups in total. The van der Waals surface area contributed by atoms with Crippen LogP contribution in [0.15, 0.2) is 4.42 Å². The van der Waals surface area contributed by atoms with Gasteiger partial charge in [0.05, 0.1) is 5.56 Å². The Balaban J connectivity index is 3.39. The average molecular weight is 198 g/mol. The first-order chi connectivity index (χ1) is 6.49. The molecule has 0 fully saturated rings. The van der Waals surface area contributed by atoms with Crippen LogP contribution < -0.4 is 11.3 Å². The largest absolute Gasteiger partial charge is 0.478 e. The van der Waals surface area contributed by atoms with Crippen LogP contribution in [0.3, 0.4) is 0 Å². The maximum Gasteiger partial charge on any atom is 0.340 e. The van der Waals surface area contributed by atoms with Gasteiger partial charge in [-0.1, -0.05) is 0 Å². The van der Waals surface area contributed by atoms with Gasteiger partial charge in [-0.15, -0.1) is 0 Å². The molecule has 1 heterocycles. The van der Waals surface area contributed by atoms with Crippen LogP contribution in [0.25, 0.3) is 0 Å². The molecule has 0 unspecified atom stereocenters. The Morgan fingerprint density at radius 2 is 1.79 bits per heavy atom. The lowest BCUT2D eigenvalue weighted by Crippen LogP contribution is -2.31. The molecule has 0 aromatic carbocycles. The summed E-state index contributed by atoms with van der Waals surface area (Å²) in [6.07, 6.45) is 0. The predicted octanol–water partition coefficient (Wildman–Crippen LogP) is 0.198. The second-order valence-corrected chi connectivity index (χ2v) is 2.74. The summed E-state index contributed by atoms with van der Waals surface area (Å²) in [5, 5.41) is 8.82. The highest BCUT2D eigenvalue weighted by Crippen LogP contribution is 2.21. The number of aromatic carboxylic acids is 1. The van der Waals surface area contributed by atoms with Crippen LogP contribution in [0.2, 0.25) is 0 Å². The third-order valence-corrected chi connectivity index (χ3v) is 1.83. The van der Waals surface area contributed by atoms with E-state index in [9.17, 15) is 9.59 Å². The van der Waals surface area contributed by atoms with E-state index in [-0.39, 0.29) is 22.6 Å².